The molecule has 30 heavy (non-hydrogen) atoms. The molecule has 2 N–H and O–H groups in total. The average molecular weight is 408 g/mol. The lowest BCUT2D eigenvalue weighted by atomic mass is 9.82. The third-order valence-electron chi connectivity index (χ3n) is 5.44. The van der Waals surface area contributed by atoms with Gasteiger partial charge in [0, 0.05) is 36.3 Å². The number of ketones is 2. The highest BCUT2D eigenvalue weighted by Crippen LogP contribution is 2.35. The molecule has 7 nitrogen and oxygen atoms in total. The minimum absolute atomic E-state index is 0.0979. The molecule has 0 saturated carbocycles. The van der Waals surface area contributed by atoms with Gasteiger partial charge in [-0.05, 0) is 26.0 Å². The van der Waals surface area contributed by atoms with E-state index in [1.807, 2.05) is 13.8 Å². The lowest BCUT2D eigenvalue weighted by Crippen LogP contribution is -2.48. The van der Waals surface area contributed by atoms with Crippen LogP contribution < -0.4 is 5.32 Å². The van der Waals surface area contributed by atoms with Crippen LogP contribution in [0, 0.1) is 0 Å². The van der Waals surface area contributed by atoms with Crippen molar-refractivity contribution in [3.8, 4) is 0 Å². The third-order valence-corrected chi connectivity index (χ3v) is 5.44. The smallest absolute Gasteiger partial charge is 0.256 e. The van der Waals surface area contributed by atoms with Crippen LogP contribution in [0.5, 0.6) is 0 Å². The van der Waals surface area contributed by atoms with E-state index in [4.69, 9.17) is 4.74 Å². The first kappa shape index (κ1) is 20.3. The summed E-state index contributed by atoms with van der Waals surface area (Å²) in [6.07, 6.45) is -0.196. The van der Waals surface area contributed by atoms with Crippen molar-refractivity contribution >= 4 is 23.2 Å². The lowest BCUT2D eigenvalue weighted by Gasteiger charge is -2.36. The highest BCUT2D eigenvalue weighted by atomic mass is 16.5. The minimum atomic E-state index is -0.306. The van der Waals surface area contributed by atoms with Gasteiger partial charge in [-0.2, -0.15) is 0 Å². The molecule has 2 atom stereocenters. The average Bonchev–Trinajstić information content (AvgIpc) is 2.74. The summed E-state index contributed by atoms with van der Waals surface area (Å²) < 4.78 is 5.72. The van der Waals surface area contributed by atoms with E-state index in [9.17, 15) is 19.5 Å². The number of aliphatic hydroxyl groups is 1. The van der Waals surface area contributed by atoms with Crippen molar-refractivity contribution in [2.24, 2.45) is 0 Å². The summed E-state index contributed by atoms with van der Waals surface area (Å²) in [6.45, 7) is 4.67. The first-order valence-corrected chi connectivity index (χ1v) is 10.1. The molecule has 156 valence electrons. The maximum absolute atomic E-state index is 13.4. The molecule has 1 amide bonds. The Balaban J connectivity index is 1.82. The molecule has 1 aliphatic carbocycles. The summed E-state index contributed by atoms with van der Waals surface area (Å²) in [5.41, 5.74) is 1.74. The summed E-state index contributed by atoms with van der Waals surface area (Å²) in [5.74, 6) is -0.793. The first-order valence-electron chi connectivity index (χ1n) is 10.1. The Morgan fingerprint density at radius 1 is 1.03 bits per heavy atom. The summed E-state index contributed by atoms with van der Waals surface area (Å²) >= 11 is 0. The van der Waals surface area contributed by atoms with E-state index < -0.39 is 0 Å². The molecule has 0 radical (unpaired) electrons. The van der Waals surface area contributed by atoms with Crippen molar-refractivity contribution in [3.63, 3.8) is 0 Å². The molecule has 1 fully saturated rings. The number of carbonyl (C=O) groups is 3. The molecule has 0 bridgehead atoms. The predicted molar refractivity (Wildman–Crippen MR) is 111 cm³/mol. The lowest BCUT2D eigenvalue weighted by molar-refractivity contribution is -0.0585. The van der Waals surface area contributed by atoms with E-state index in [1.54, 1.807) is 41.3 Å². The van der Waals surface area contributed by atoms with Gasteiger partial charge < -0.3 is 20.1 Å². The summed E-state index contributed by atoms with van der Waals surface area (Å²) in [6, 6.07) is 9.82. The maximum Gasteiger partial charge on any atom is 0.256 e. The number of hydrogen-bond acceptors (Lipinski definition) is 6. The molecule has 0 aromatic heterocycles. The number of morpholine rings is 1. The maximum atomic E-state index is 13.4. The number of amides is 1. The van der Waals surface area contributed by atoms with Crippen LogP contribution in [0.25, 0.3) is 0 Å². The first-order chi connectivity index (χ1) is 14.4. The van der Waals surface area contributed by atoms with E-state index in [1.165, 1.54) is 0 Å². The number of nitrogens with zero attached hydrogens (tertiary/aromatic N) is 1. The van der Waals surface area contributed by atoms with Crippen molar-refractivity contribution in [2.75, 3.05) is 31.6 Å². The van der Waals surface area contributed by atoms with Crippen molar-refractivity contribution in [2.45, 2.75) is 26.1 Å². The van der Waals surface area contributed by atoms with Crippen LogP contribution in [0.15, 0.2) is 36.4 Å². The Bertz CT molecular complexity index is 1020. The molecular weight excluding hydrogens is 384 g/mol. The second kappa shape index (κ2) is 8.01. The summed E-state index contributed by atoms with van der Waals surface area (Å²) in [4.78, 5) is 41.4. The van der Waals surface area contributed by atoms with E-state index >= 15 is 0 Å². The second-order valence-corrected chi connectivity index (χ2v) is 7.73. The van der Waals surface area contributed by atoms with Gasteiger partial charge in [0.05, 0.1) is 35.6 Å². The number of carbonyl (C=O) groups excluding carboxylic acids is 3. The normalized spacial score (nSPS) is 20.6. The number of hydrogen-bond donors (Lipinski definition) is 2. The zero-order valence-electron chi connectivity index (χ0n) is 17.0. The van der Waals surface area contributed by atoms with Crippen molar-refractivity contribution < 1.29 is 24.2 Å². The van der Waals surface area contributed by atoms with E-state index in [-0.39, 0.29) is 54.0 Å². The number of benzene rings is 2. The van der Waals surface area contributed by atoms with Gasteiger partial charge in [0.15, 0.2) is 11.6 Å². The molecular formula is C23H24N2O5. The Hall–Kier alpha value is -3.03. The Morgan fingerprint density at radius 3 is 2.30 bits per heavy atom. The fourth-order valence-electron chi connectivity index (χ4n) is 4.24. The summed E-state index contributed by atoms with van der Waals surface area (Å²) in [5, 5.41) is 12.3. The fourth-order valence-corrected chi connectivity index (χ4v) is 4.24. The molecule has 1 heterocycles. The zero-order chi connectivity index (χ0) is 21.4. The zero-order valence-corrected chi connectivity index (χ0v) is 17.0. The highest BCUT2D eigenvalue weighted by Gasteiger charge is 2.35. The molecule has 0 spiro atoms. The number of ether oxygens (including phenoxy) is 1. The van der Waals surface area contributed by atoms with Gasteiger partial charge in [0.2, 0.25) is 0 Å². The Kier molecular flexibility index (Phi) is 5.40. The van der Waals surface area contributed by atoms with Crippen LogP contribution >= 0.6 is 0 Å². The third kappa shape index (κ3) is 3.40. The Labute approximate surface area is 174 Å². The fraction of sp³-hybridized carbons (Fsp3) is 0.348. The van der Waals surface area contributed by atoms with Gasteiger partial charge in [0.1, 0.15) is 0 Å². The molecule has 1 saturated heterocycles. The molecule has 4 rings (SSSR count). The van der Waals surface area contributed by atoms with E-state index in [2.05, 4.69) is 5.32 Å². The molecule has 1 aliphatic heterocycles. The highest BCUT2D eigenvalue weighted by molar-refractivity contribution is 6.31. The number of rotatable bonds is 4. The molecule has 7 heteroatoms. The molecule has 2 aromatic rings. The number of fused-ring (bicyclic) bond motifs is 2. The number of aliphatic hydroxyl groups excluding tert-OH is 1. The molecule has 2 aliphatic rings. The van der Waals surface area contributed by atoms with Crippen molar-refractivity contribution in [3.05, 3.63) is 64.2 Å². The van der Waals surface area contributed by atoms with Crippen LogP contribution in [-0.2, 0) is 4.74 Å². The van der Waals surface area contributed by atoms with Gasteiger partial charge in [-0.3, -0.25) is 14.4 Å². The number of anilines is 1. The van der Waals surface area contributed by atoms with Crippen molar-refractivity contribution in [1.82, 2.24) is 4.90 Å². The molecule has 2 aromatic carbocycles. The van der Waals surface area contributed by atoms with Crippen molar-refractivity contribution in [1.29, 1.82) is 0 Å². The standard InChI is InChI=1S/C23H24N2O5/c1-13-11-25(12-14(2)30-13)23(29)18-8-7-17-19(20(18)24-9-10-26)22(28)16-6-4-3-5-15(16)21(17)27/h3-8,13-14,24,26H,9-12H2,1-2H3/t13-,14+. The van der Waals surface area contributed by atoms with E-state index in [0.29, 0.717) is 35.5 Å². The monoisotopic (exact) mass is 408 g/mol. The SMILES string of the molecule is C[C@@H]1CN(C(=O)c2ccc3c(c2NCCO)C(=O)c2ccccc2C3=O)C[C@H](C)O1. The van der Waals surface area contributed by atoms with Gasteiger partial charge in [-0.25, -0.2) is 0 Å². The quantitative estimate of drug-likeness (QED) is 0.687. The van der Waals surface area contributed by atoms with E-state index in [0.717, 1.165) is 0 Å². The van der Waals surface area contributed by atoms with Gasteiger partial charge in [-0.15, -0.1) is 0 Å². The molecule has 0 unspecified atom stereocenters. The van der Waals surface area contributed by atoms with Crippen LogP contribution in [0.1, 0.15) is 56.0 Å². The minimum Gasteiger partial charge on any atom is -0.395 e. The van der Waals surface area contributed by atoms with Gasteiger partial charge >= 0.3 is 0 Å². The summed E-state index contributed by atoms with van der Waals surface area (Å²) in [7, 11) is 0. The van der Waals surface area contributed by atoms with Crippen LogP contribution in [0.4, 0.5) is 5.69 Å². The topological polar surface area (TPSA) is 95.9 Å². The van der Waals surface area contributed by atoms with Crippen LogP contribution in [0.2, 0.25) is 0 Å². The predicted octanol–water partition coefficient (Wildman–Crippen LogP) is 2.12. The largest absolute Gasteiger partial charge is 0.395 e. The second-order valence-electron chi connectivity index (χ2n) is 7.73. The van der Waals surface area contributed by atoms with Crippen LogP contribution in [-0.4, -0.2) is 65.9 Å². The van der Waals surface area contributed by atoms with Crippen LogP contribution in [0.3, 0.4) is 0 Å². The Morgan fingerprint density at radius 2 is 1.67 bits per heavy atom. The number of nitrogens with one attached hydrogen (secondary N) is 1. The van der Waals surface area contributed by atoms with Gasteiger partial charge in [-0.1, -0.05) is 24.3 Å². The van der Waals surface area contributed by atoms with Gasteiger partial charge in [0.25, 0.3) is 5.91 Å².